The van der Waals surface area contributed by atoms with E-state index in [4.69, 9.17) is 35.3 Å². The van der Waals surface area contributed by atoms with Crippen molar-refractivity contribution < 1.29 is 71.9 Å². The third kappa shape index (κ3) is 13.9. The second-order valence-electron chi connectivity index (χ2n) is 21.8. The van der Waals surface area contributed by atoms with E-state index < -0.39 is 76.8 Å². The number of fused-ring (bicyclic) bond motifs is 6. The van der Waals surface area contributed by atoms with Crippen molar-refractivity contribution >= 4 is 83.2 Å². The quantitative estimate of drug-likeness (QED) is 0.0976. The summed E-state index contributed by atoms with van der Waals surface area (Å²) in [6.07, 6.45) is 5.15. The van der Waals surface area contributed by atoms with E-state index in [0.717, 1.165) is 16.7 Å². The molecule has 2 aromatic carbocycles. The predicted molar refractivity (Wildman–Crippen MR) is 293 cm³/mol. The highest BCUT2D eigenvalue weighted by Gasteiger charge is 2.63. The summed E-state index contributed by atoms with van der Waals surface area (Å²) in [5, 5.41) is 16.9. The minimum absolute atomic E-state index is 0.0104. The van der Waals surface area contributed by atoms with E-state index in [1.807, 2.05) is 13.0 Å². The first-order valence-electron chi connectivity index (χ1n) is 26.6. The number of aldehydes is 2. The van der Waals surface area contributed by atoms with Crippen LogP contribution >= 0.6 is 23.4 Å². The summed E-state index contributed by atoms with van der Waals surface area (Å²) in [6, 6.07) is 7.35. The first-order chi connectivity index (χ1) is 37.4. The number of anilines is 1. The van der Waals surface area contributed by atoms with Gasteiger partial charge in [0.15, 0.2) is 18.3 Å². The van der Waals surface area contributed by atoms with Crippen LogP contribution in [0.15, 0.2) is 54.1 Å². The molecule has 1 aliphatic carbocycles. The van der Waals surface area contributed by atoms with Gasteiger partial charge in [0.2, 0.25) is 29.5 Å². The molecule has 6 amide bonds. The molecule has 4 fully saturated rings. The van der Waals surface area contributed by atoms with Gasteiger partial charge in [-0.05, 0) is 101 Å². The molecule has 20 nitrogen and oxygen atoms in total. The second-order valence-corrected chi connectivity index (χ2v) is 23.5. The Morgan fingerprint density at radius 3 is 2.39 bits per heavy atom. The number of likely N-dealkylation sites (tertiary alicyclic amines) is 1. The SMILES string of the molecule is COc1cc2cc(c1Cl)N(C)C(=O)C[C@H](OC(=O)[C@H](C)N(C)C(=O)CCSC1CC(=O)N(CC3CCC(C(=O)NCCc4ccc(C=O)c(C=O)c4)CC3)C1=O)C1(C)CC(C)(O1)C1CC(O)(NC(=O)O1)C(OC)/C=C/C=C(\C)C2. The zero-order chi connectivity index (χ0) is 57.6. The van der Waals surface area contributed by atoms with Gasteiger partial charge in [0.1, 0.15) is 46.3 Å². The maximum Gasteiger partial charge on any atom is 0.409 e. The lowest BCUT2D eigenvalue weighted by Gasteiger charge is -2.59. The molecule has 2 aromatic rings. The molecule has 79 heavy (non-hydrogen) atoms. The van der Waals surface area contributed by atoms with Gasteiger partial charge in [-0.25, -0.2) is 9.59 Å². The molecule has 0 spiro atoms. The Morgan fingerprint density at radius 2 is 1.72 bits per heavy atom. The van der Waals surface area contributed by atoms with Gasteiger partial charge < -0.3 is 43.9 Å². The fourth-order valence-corrected chi connectivity index (χ4v) is 12.7. The Morgan fingerprint density at radius 1 is 1.01 bits per heavy atom. The number of hydrogen-bond acceptors (Lipinski definition) is 16. The first-order valence-corrected chi connectivity index (χ1v) is 28.0. The minimum atomic E-state index is -1.92. The highest BCUT2D eigenvalue weighted by atomic mass is 35.5. The third-order valence-corrected chi connectivity index (χ3v) is 17.6. The largest absolute Gasteiger partial charge is 0.495 e. The van der Waals surface area contributed by atoms with Crippen LogP contribution in [0.2, 0.25) is 5.02 Å². The molecule has 22 heteroatoms. The lowest BCUT2D eigenvalue weighted by atomic mass is 9.72. The summed E-state index contributed by atoms with van der Waals surface area (Å²) in [6.45, 7) is 7.37. The van der Waals surface area contributed by atoms with Crippen LogP contribution in [-0.2, 0) is 60.6 Å². The van der Waals surface area contributed by atoms with Crippen LogP contribution in [0.1, 0.15) is 117 Å². The Bertz CT molecular complexity index is 2760. The van der Waals surface area contributed by atoms with E-state index in [1.54, 1.807) is 63.4 Å². The molecular weight excluding hydrogens is 1060 g/mol. The van der Waals surface area contributed by atoms with Crippen molar-refractivity contribution in [3.63, 3.8) is 0 Å². The number of aliphatic hydroxyl groups is 1. The molecule has 6 bridgehead atoms. The van der Waals surface area contributed by atoms with Crippen molar-refractivity contribution in [1.29, 1.82) is 0 Å². The molecule has 5 aliphatic heterocycles. The average Bonchev–Trinajstić information content (AvgIpc) is 3.74. The lowest BCUT2D eigenvalue weighted by Crippen LogP contribution is -2.72. The Hall–Kier alpha value is -6.13. The van der Waals surface area contributed by atoms with Crippen LogP contribution in [0, 0.1) is 11.8 Å². The number of nitrogens with one attached hydrogen (secondary N) is 2. The molecule has 0 radical (unpaired) electrons. The number of ether oxygens (including phenoxy) is 5. The number of hydrogen-bond donors (Lipinski definition) is 3. The van der Waals surface area contributed by atoms with Gasteiger partial charge in [0.25, 0.3) is 0 Å². The zero-order valence-corrected chi connectivity index (χ0v) is 47.6. The molecule has 3 N–H and O–H groups in total. The van der Waals surface area contributed by atoms with E-state index in [-0.39, 0.29) is 72.6 Å². The van der Waals surface area contributed by atoms with Gasteiger partial charge in [-0.3, -0.25) is 43.8 Å². The van der Waals surface area contributed by atoms with Gasteiger partial charge in [0, 0.05) is 82.8 Å². The maximum atomic E-state index is 14.4. The smallest absolute Gasteiger partial charge is 0.409 e. The summed E-state index contributed by atoms with van der Waals surface area (Å²) in [7, 11) is 5.86. The van der Waals surface area contributed by atoms with Crippen molar-refractivity contribution in [1.82, 2.24) is 20.4 Å². The normalized spacial score (nSPS) is 29.7. The highest BCUT2D eigenvalue weighted by molar-refractivity contribution is 8.00. The van der Waals surface area contributed by atoms with E-state index in [9.17, 15) is 48.3 Å². The molecule has 0 aromatic heterocycles. The van der Waals surface area contributed by atoms with Gasteiger partial charge in [-0.2, -0.15) is 0 Å². The molecule has 6 unspecified atom stereocenters. The second kappa shape index (κ2) is 25.5. The summed E-state index contributed by atoms with van der Waals surface area (Å²) < 4.78 is 29.8. The molecule has 428 valence electrons. The van der Waals surface area contributed by atoms with Gasteiger partial charge in [0.05, 0.1) is 24.5 Å². The standard InChI is InChI=1S/C57H72ClN5O15S/c1-33-10-9-11-44(75-8)57(73)28-46(77-54(72)60-57)56(4)32-55(3,78-56)45(27-48(67)62(6)41-24-37(22-33)25-42(74-7)50(41)58)76-53(71)34(2)61(5)47(66)19-21-79-43-26-49(68)63(52(43)70)29-36-13-15-38(16-14-36)51(69)59-20-18-35-12-17-39(30-64)40(23-35)31-65/h9-12,17,23-25,30-31,34,36,38,43-46,73H,13-16,18-22,26-29,32H2,1-8H3,(H,59,69)(H,60,72)/b11-9+,33-10+/t34-,36?,38?,43?,44?,45-,46?,55?,56?,57?/m0/s1. The number of allylic oxidation sites excluding steroid dienone is 3. The number of amides is 6. The van der Waals surface area contributed by atoms with E-state index in [2.05, 4.69) is 10.6 Å². The third-order valence-electron chi connectivity index (χ3n) is 16.1. The monoisotopic (exact) mass is 1130 g/mol. The number of thioether (sulfide) groups is 1. The van der Waals surface area contributed by atoms with Crippen molar-refractivity contribution in [2.24, 2.45) is 11.8 Å². The molecule has 5 heterocycles. The van der Waals surface area contributed by atoms with Crippen LogP contribution in [0.5, 0.6) is 5.75 Å². The van der Waals surface area contributed by atoms with E-state index in [0.29, 0.717) is 80.2 Å². The predicted octanol–water partition coefficient (Wildman–Crippen LogP) is 5.70. The van der Waals surface area contributed by atoms with Crippen LogP contribution in [0.3, 0.4) is 0 Å². The molecule has 1 saturated carbocycles. The molecule has 3 saturated heterocycles. The molecule has 8 atom stereocenters. The van der Waals surface area contributed by atoms with Gasteiger partial charge in [-0.1, -0.05) is 47.5 Å². The Balaban J connectivity index is 0.947. The number of likely N-dealkylation sites (N-methyl/N-ethyl adjacent to an activating group) is 1. The Labute approximate surface area is 469 Å². The van der Waals surface area contributed by atoms with Crippen molar-refractivity contribution in [3.8, 4) is 5.75 Å². The number of methoxy groups -OCH3 is 2. The number of rotatable bonds is 17. The van der Waals surface area contributed by atoms with Crippen LogP contribution in [-0.4, -0.2) is 163 Å². The topological polar surface area (TPSA) is 254 Å². The maximum absolute atomic E-state index is 14.4. The summed E-state index contributed by atoms with van der Waals surface area (Å²) in [5.41, 5.74) is -1.07. The van der Waals surface area contributed by atoms with Crippen LogP contribution in [0.4, 0.5) is 10.5 Å². The molecular formula is C57H72ClN5O15S. The summed E-state index contributed by atoms with van der Waals surface area (Å²) in [4.78, 5) is 121. The van der Waals surface area contributed by atoms with Crippen molar-refractivity contribution in [2.75, 3.05) is 52.1 Å². The highest BCUT2D eigenvalue weighted by Crippen LogP contribution is 2.51. The molecule has 6 aliphatic rings. The van der Waals surface area contributed by atoms with Crippen LogP contribution in [0.25, 0.3) is 0 Å². The first kappa shape index (κ1) is 60.5. The number of nitrogens with zero attached hydrogens (tertiary/aromatic N) is 3. The average molecular weight is 1130 g/mol. The summed E-state index contributed by atoms with van der Waals surface area (Å²) >= 11 is 8.02. The Kier molecular flexibility index (Phi) is 19.6. The molecule has 8 rings (SSSR count). The lowest BCUT2D eigenvalue weighted by molar-refractivity contribution is -0.328. The number of alkyl carbamates (subject to hydrolysis) is 1. The number of benzene rings is 2. The fourth-order valence-electron chi connectivity index (χ4n) is 11.3. The van der Waals surface area contributed by atoms with Gasteiger partial charge >= 0.3 is 12.1 Å². The summed E-state index contributed by atoms with van der Waals surface area (Å²) in [5.74, 6) is -2.11. The van der Waals surface area contributed by atoms with E-state index in [1.165, 1.54) is 54.7 Å². The van der Waals surface area contributed by atoms with Crippen molar-refractivity contribution in [3.05, 3.63) is 81.4 Å². The number of carbonyl (C=O) groups excluding carboxylic acids is 9. The minimum Gasteiger partial charge on any atom is -0.495 e. The van der Waals surface area contributed by atoms with E-state index >= 15 is 0 Å². The van der Waals surface area contributed by atoms with Gasteiger partial charge in [-0.15, -0.1) is 11.8 Å². The number of esters is 1. The number of imide groups is 1. The zero-order valence-electron chi connectivity index (χ0n) is 46.0. The van der Waals surface area contributed by atoms with Crippen LogP contribution < -0.4 is 20.3 Å². The number of carbonyl (C=O) groups is 9. The van der Waals surface area contributed by atoms with Crippen molar-refractivity contribution in [2.45, 2.75) is 145 Å². The fraction of sp³-hybridized carbons (Fsp3) is 0.561. The number of halogens is 1.